The first-order valence-corrected chi connectivity index (χ1v) is 7.86. The normalized spacial score (nSPS) is 22.4. The van der Waals surface area contributed by atoms with E-state index in [-0.39, 0.29) is 5.92 Å². The molecule has 0 aliphatic carbocycles. The second-order valence-corrected chi connectivity index (χ2v) is 6.80. The van der Waals surface area contributed by atoms with Crippen LogP contribution in [0.15, 0.2) is 29.2 Å². The molecule has 2 unspecified atom stereocenters. The zero-order valence-electron chi connectivity index (χ0n) is 11.2. The average molecular weight is 284 g/mol. The number of para-hydroxylation sites is 1. The first-order valence-electron chi connectivity index (χ1n) is 6.42. The van der Waals surface area contributed by atoms with Crippen molar-refractivity contribution in [3.8, 4) is 0 Å². The molecule has 106 valence electrons. The molecule has 1 saturated heterocycles. The van der Waals surface area contributed by atoms with Crippen LogP contribution in [0.1, 0.15) is 13.3 Å². The van der Waals surface area contributed by atoms with E-state index in [1.807, 2.05) is 0 Å². The van der Waals surface area contributed by atoms with Crippen molar-refractivity contribution < 1.29 is 13.5 Å². The Morgan fingerprint density at radius 3 is 2.68 bits per heavy atom. The van der Waals surface area contributed by atoms with Gasteiger partial charge in [-0.1, -0.05) is 12.1 Å². The highest BCUT2D eigenvalue weighted by Gasteiger charge is 2.35. The molecule has 2 atom stereocenters. The summed E-state index contributed by atoms with van der Waals surface area (Å²) in [4.78, 5) is 0.295. The molecule has 5 nitrogen and oxygen atoms in total. The van der Waals surface area contributed by atoms with Crippen LogP contribution < -0.4 is 5.32 Å². The van der Waals surface area contributed by atoms with Crippen molar-refractivity contribution in [2.24, 2.45) is 5.92 Å². The summed E-state index contributed by atoms with van der Waals surface area (Å²) in [5, 5.41) is 12.5. The van der Waals surface area contributed by atoms with Crippen molar-refractivity contribution >= 4 is 15.7 Å². The van der Waals surface area contributed by atoms with Gasteiger partial charge in [0.2, 0.25) is 10.0 Å². The molecule has 0 aromatic heterocycles. The SMILES string of the molecule is CNc1ccccc1S(=O)(=O)N1CCC(C(C)O)C1. The maximum atomic E-state index is 12.6. The zero-order chi connectivity index (χ0) is 14.0. The maximum absolute atomic E-state index is 12.6. The van der Waals surface area contributed by atoms with Crippen LogP contribution in [0, 0.1) is 5.92 Å². The zero-order valence-corrected chi connectivity index (χ0v) is 12.0. The second kappa shape index (κ2) is 5.48. The van der Waals surface area contributed by atoms with Crippen molar-refractivity contribution in [2.45, 2.75) is 24.3 Å². The molecule has 1 aromatic carbocycles. The van der Waals surface area contributed by atoms with Crippen molar-refractivity contribution in [3.63, 3.8) is 0 Å². The van der Waals surface area contributed by atoms with Gasteiger partial charge in [0.15, 0.2) is 0 Å². The van der Waals surface area contributed by atoms with Crippen molar-refractivity contribution in [1.82, 2.24) is 4.31 Å². The number of sulfonamides is 1. The van der Waals surface area contributed by atoms with Gasteiger partial charge in [-0.2, -0.15) is 4.31 Å². The molecule has 2 N–H and O–H groups in total. The Hall–Kier alpha value is -1.11. The van der Waals surface area contributed by atoms with Gasteiger partial charge in [0.1, 0.15) is 4.90 Å². The molecule has 1 aromatic rings. The van der Waals surface area contributed by atoms with Gasteiger partial charge in [-0.15, -0.1) is 0 Å². The molecule has 6 heteroatoms. The third kappa shape index (κ3) is 2.75. The van der Waals surface area contributed by atoms with E-state index in [0.29, 0.717) is 30.1 Å². The van der Waals surface area contributed by atoms with Crippen molar-refractivity contribution in [3.05, 3.63) is 24.3 Å². The number of aliphatic hydroxyl groups excluding tert-OH is 1. The molecule has 1 fully saturated rings. The van der Waals surface area contributed by atoms with Crippen LogP contribution in [-0.2, 0) is 10.0 Å². The van der Waals surface area contributed by atoms with Crippen LogP contribution in [0.2, 0.25) is 0 Å². The molecule has 2 rings (SSSR count). The van der Waals surface area contributed by atoms with E-state index in [4.69, 9.17) is 0 Å². The molecule has 1 aliphatic heterocycles. The number of nitrogens with zero attached hydrogens (tertiary/aromatic N) is 1. The van der Waals surface area contributed by atoms with Crippen LogP contribution in [-0.4, -0.2) is 44.1 Å². The summed E-state index contributed by atoms with van der Waals surface area (Å²) in [6, 6.07) is 6.87. The summed E-state index contributed by atoms with van der Waals surface area (Å²) < 4.78 is 26.6. The summed E-state index contributed by atoms with van der Waals surface area (Å²) in [6.07, 6.45) is 0.235. The lowest BCUT2D eigenvalue weighted by molar-refractivity contribution is 0.133. The lowest BCUT2D eigenvalue weighted by atomic mass is 10.0. The number of aliphatic hydroxyl groups is 1. The van der Waals surface area contributed by atoms with Crippen LogP contribution in [0.4, 0.5) is 5.69 Å². The predicted octanol–water partition coefficient (Wildman–Crippen LogP) is 1.12. The van der Waals surface area contributed by atoms with E-state index in [9.17, 15) is 13.5 Å². The minimum atomic E-state index is -3.49. The van der Waals surface area contributed by atoms with Crippen molar-refractivity contribution in [1.29, 1.82) is 0 Å². The maximum Gasteiger partial charge on any atom is 0.245 e. The second-order valence-electron chi connectivity index (χ2n) is 4.90. The molecule has 0 saturated carbocycles. The van der Waals surface area contributed by atoms with E-state index in [2.05, 4.69) is 5.32 Å². The van der Waals surface area contributed by atoms with E-state index in [0.717, 1.165) is 0 Å². The third-order valence-electron chi connectivity index (χ3n) is 3.64. The van der Waals surface area contributed by atoms with Gasteiger partial charge in [0, 0.05) is 20.1 Å². The van der Waals surface area contributed by atoms with Gasteiger partial charge in [-0.3, -0.25) is 0 Å². The minimum absolute atomic E-state index is 0.0246. The Morgan fingerprint density at radius 1 is 1.42 bits per heavy atom. The van der Waals surface area contributed by atoms with E-state index >= 15 is 0 Å². The average Bonchev–Trinajstić information content (AvgIpc) is 2.89. The molecule has 19 heavy (non-hydrogen) atoms. The Balaban J connectivity index is 2.29. The summed E-state index contributed by atoms with van der Waals surface area (Å²) in [6.45, 7) is 2.57. The van der Waals surface area contributed by atoms with Crippen LogP contribution in [0.5, 0.6) is 0 Å². The van der Waals surface area contributed by atoms with Crippen LogP contribution in [0.25, 0.3) is 0 Å². The van der Waals surface area contributed by atoms with Crippen molar-refractivity contribution in [2.75, 3.05) is 25.5 Å². The third-order valence-corrected chi connectivity index (χ3v) is 5.57. The Kier molecular flexibility index (Phi) is 4.13. The topological polar surface area (TPSA) is 69.6 Å². The lowest BCUT2D eigenvalue weighted by Gasteiger charge is -2.19. The fourth-order valence-corrected chi connectivity index (χ4v) is 4.11. The standard InChI is InChI=1S/C13H20N2O3S/c1-10(16)11-7-8-15(9-11)19(17,18)13-6-4-3-5-12(13)14-2/h3-6,10-11,14,16H,7-9H2,1-2H3. The van der Waals surface area contributed by atoms with Gasteiger partial charge < -0.3 is 10.4 Å². The fourth-order valence-electron chi connectivity index (χ4n) is 2.40. The van der Waals surface area contributed by atoms with E-state index < -0.39 is 16.1 Å². The molecule has 0 radical (unpaired) electrons. The molecule has 0 amide bonds. The van der Waals surface area contributed by atoms with E-state index in [1.54, 1.807) is 38.2 Å². The summed E-state index contributed by atoms with van der Waals surface area (Å²) in [5.74, 6) is 0.0246. The predicted molar refractivity (Wildman–Crippen MR) is 74.5 cm³/mol. The summed E-state index contributed by atoms with van der Waals surface area (Å²) >= 11 is 0. The van der Waals surface area contributed by atoms with Crippen LogP contribution in [0.3, 0.4) is 0 Å². The molecule has 1 heterocycles. The fraction of sp³-hybridized carbons (Fsp3) is 0.538. The molecule has 1 aliphatic rings. The first kappa shape index (κ1) is 14.3. The highest BCUT2D eigenvalue weighted by Crippen LogP contribution is 2.29. The molecule has 0 spiro atoms. The first-order chi connectivity index (χ1) is 8.96. The quantitative estimate of drug-likeness (QED) is 0.869. The number of nitrogens with one attached hydrogen (secondary N) is 1. The summed E-state index contributed by atoms with van der Waals surface area (Å²) in [5.41, 5.74) is 0.600. The molecule has 0 bridgehead atoms. The highest BCUT2D eigenvalue weighted by atomic mass is 32.2. The Labute approximate surface area is 114 Å². The number of rotatable bonds is 4. The lowest BCUT2D eigenvalue weighted by Crippen LogP contribution is -2.31. The summed E-state index contributed by atoms with van der Waals surface area (Å²) in [7, 11) is -1.78. The number of anilines is 1. The van der Waals surface area contributed by atoms with Gasteiger partial charge in [-0.05, 0) is 31.4 Å². The van der Waals surface area contributed by atoms with Gasteiger partial charge >= 0.3 is 0 Å². The number of hydrogen-bond acceptors (Lipinski definition) is 4. The highest BCUT2D eigenvalue weighted by molar-refractivity contribution is 7.89. The molecular weight excluding hydrogens is 264 g/mol. The number of hydrogen-bond donors (Lipinski definition) is 2. The minimum Gasteiger partial charge on any atom is -0.393 e. The smallest absolute Gasteiger partial charge is 0.245 e. The Bertz CT molecular complexity index is 543. The van der Waals surface area contributed by atoms with Crippen LogP contribution >= 0.6 is 0 Å². The Morgan fingerprint density at radius 2 is 2.11 bits per heavy atom. The van der Waals surface area contributed by atoms with Gasteiger partial charge in [0.25, 0.3) is 0 Å². The number of benzene rings is 1. The largest absolute Gasteiger partial charge is 0.393 e. The monoisotopic (exact) mass is 284 g/mol. The molecular formula is C13H20N2O3S. The van der Waals surface area contributed by atoms with Gasteiger partial charge in [0.05, 0.1) is 11.8 Å². The van der Waals surface area contributed by atoms with E-state index in [1.165, 1.54) is 4.31 Å². The van der Waals surface area contributed by atoms with Gasteiger partial charge in [-0.25, -0.2) is 8.42 Å².